The Morgan fingerprint density at radius 3 is 2.69 bits per heavy atom. The standard InChI is InChI=1S/C19H18N6O2S2/c20-9-7-13-3-5-14(6-4-13)22-17(27)12-29-19-24-23-18(15-2-1-11-28-15)25(19)10-8-16(21)26/h1-6,11H,7-8,10,12H2,(H2,21,26)(H,22,27). The van der Waals surface area contributed by atoms with Crippen LogP contribution in [0, 0.1) is 11.3 Å². The van der Waals surface area contributed by atoms with Crippen molar-refractivity contribution in [2.75, 3.05) is 11.1 Å². The Hall–Kier alpha value is -3.16. The van der Waals surface area contributed by atoms with Crippen LogP contribution in [0.4, 0.5) is 5.69 Å². The topological polar surface area (TPSA) is 127 Å². The summed E-state index contributed by atoms with van der Waals surface area (Å²) in [6.45, 7) is 0.347. The van der Waals surface area contributed by atoms with E-state index in [1.165, 1.54) is 23.1 Å². The fourth-order valence-corrected chi connectivity index (χ4v) is 4.01. The number of nitrogens with two attached hydrogens (primary N) is 1. The molecule has 0 unspecified atom stereocenters. The number of thiophene rings is 1. The first-order valence-corrected chi connectivity index (χ1v) is 10.6. The second kappa shape index (κ2) is 9.86. The van der Waals surface area contributed by atoms with Crippen LogP contribution in [-0.4, -0.2) is 32.3 Å². The molecule has 0 fully saturated rings. The predicted octanol–water partition coefficient (Wildman–Crippen LogP) is 2.68. The number of thioether (sulfide) groups is 1. The van der Waals surface area contributed by atoms with Gasteiger partial charge in [-0.05, 0) is 29.1 Å². The van der Waals surface area contributed by atoms with E-state index in [2.05, 4.69) is 21.6 Å². The minimum atomic E-state index is -0.413. The molecule has 10 heteroatoms. The van der Waals surface area contributed by atoms with E-state index >= 15 is 0 Å². The molecular formula is C19H18N6O2S2. The van der Waals surface area contributed by atoms with Gasteiger partial charge in [-0.15, -0.1) is 21.5 Å². The Kier molecular flexibility index (Phi) is 6.99. The van der Waals surface area contributed by atoms with Crippen molar-refractivity contribution in [3.05, 3.63) is 47.3 Å². The van der Waals surface area contributed by atoms with Crippen molar-refractivity contribution in [3.63, 3.8) is 0 Å². The van der Waals surface area contributed by atoms with Gasteiger partial charge in [0.05, 0.1) is 23.1 Å². The smallest absolute Gasteiger partial charge is 0.234 e. The highest BCUT2D eigenvalue weighted by molar-refractivity contribution is 7.99. The number of rotatable bonds is 9. The van der Waals surface area contributed by atoms with Crippen molar-refractivity contribution in [2.24, 2.45) is 5.73 Å². The van der Waals surface area contributed by atoms with Gasteiger partial charge in [-0.2, -0.15) is 5.26 Å². The number of hydrogen-bond acceptors (Lipinski definition) is 7. The third-order valence-corrected chi connectivity index (χ3v) is 5.73. The van der Waals surface area contributed by atoms with Crippen LogP contribution in [0.2, 0.25) is 0 Å². The molecule has 148 valence electrons. The minimum absolute atomic E-state index is 0.138. The van der Waals surface area contributed by atoms with Gasteiger partial charge >= 0.3 is 0 Å². The third-order valence-electron chi connectivity index (χ3n) is 3.89. The van der Waals surface area contributed by atoms with Crippen molar-refractivity contribution >= 4 is 40.6 Å². The Morgan fingerprint density at radius 1 is 1.24 bits per heavy atom. The SMILES string of the molecule is N#CCc1ccc(NC(=O)CSc2nnc(-c3cccs3)n2CCC(N)=O)cc1. The van der Waals surface area contributed by atoms with Crippen LogP contribution >= 0.6 is 23.1 Å². The van der Waals surface area contributed by atoms with Crippen LogP contribution < -0.4 is 11.1 Å². The van der Waals surface area contributed by atoms with Crippen LogP contribution in [0.25, 0.3) is 10.7 Å². The number of nitrogens with zero attached hydrogens (tertiary/aromatic N) is 4. The number of hydrogen-bond donors (Lipinski definition) is 2. The lowest BCUT2D eigenvalue weighted by Crippen LogP contribution is -2.16. The number of aromatic nitrogens is 3. The fraction of sp³-hybridized carbons (Fsp3) is 0.211. The van der Waals surface area contributed by atoms with Gasteiger partial charge in [-0.3, -0.25) is 9.59 Å². The molecule has 0 atom stereocenters. The number of anilines is 1. The summed E-state index contributed by atoms with van der Waals surface area (Å²) in [5.41, 5.74) is 6.84. The first kappa shape index (κ1) is 20.6. The van der Waals surface area contributed by atoms with Crippen LogP contribution in [0.1, 0.15) is 12.0 Å². The van der Waals surface area contributed by atoms with E-state index in [9.17, 15) is 9.59 Å². The van der Waals surface area contributed by atoms with E-state index in [0.29, 0.717) is 29.6 Å². The summed E-state index contributed by atoms with van der Waals surface area (Å²) < 4.78 is 1.81. The molecule has 3 N–H and O–H groups in total. The molecule has 0 aliphatic carbocycles. The number of primary amides is 1. The minimum Gasteiger partial charge on any atom is -0.370 e. The summed E-state index contributed by atoms with van der Waals surface area (Å²) >= 11 is 2.76. The summed E-state index contributed by atoms with van der Waals surface area (Å²) in [6, 6.07) is 13.1. The Balaban J connectivity index is 1.65. The van der Waals surface area contributed by atoms with Crippen molar-refractivity contribution < 1.29 is 9.59 Å². The maximum Gasteiger partial charge on any atom is 0.234 e. The summed E-state index contributed by atoms with van der Waals surface area (Å²) in [5, 5.41) is 22.4. The number of carbonyl (C=O) groups excluding carboxylic acids is 2. The molecule has 1 aromatic carbocycles. The molecule has 0 aliphatic rings. The number of nitriles is 1. The quantitative estimate of drug-likeness (QED) is 0.507. The molecule has 3 rings (SSSR count). The second-order valence-electron chi connectivity index (χ2n) is 6.02. The normalized spacial score (nSPS) is 10.4. The number of carbonyl (C=O) groups is 2. The molecule has 2 amide bonds. The maximum atomic E-state index is 12.3. The Labute approximate surface area is 175 Å². The van der Waals surface area contributed by atoms with E-state index in [0.717, 1.165) is 10.4 Å². The number of amides is 2. The lowest BCUT2D eigenvalue weighted by atomic mass is 10.1. The van der Waals surface area contributed by atoms with Gasteiger partial charge in [0.25, 0.3) is 0 Å². The van der Waals surface area contributed by atoms with Crippen molar-refractivity contribution in [2.45, 2.75) is 24.5 Å². The summed E-state index contributed by atoms with van der Waals surface area (Å²) in [4.78, 5) is 24.4. The highest BCUT2D eigenvalue weighted by Crippen LogP contribution is 2.27. The molecule has 8 nitrogen and oxygen atoms in total. The van der Waals surface area contributed by atoms with E-state index < -0.39 is 5.91 Å². The summed E-state index contributed by atoms with van der Waals surface area (Å²) in [6.07, 6.45) is 0.489. The van der Waals surface area contributed by atoms with Gasteiger partial charge in [0.15, 0.2) is 11.0 Å². The Morgan fingerprint density at radius 2 is 2.03 bits per heavy atom. The Bertz CT molecular complexity index is 1020. The molecule has 0 aliphatic heterocycles. The molecule has 29 heavy (non-hydrogen) atoms. The molecular weight excluding hydrogens is 408 g/mol. The largest absolute Gasteiger partial charge is 0.370 e. The summed E-state index contributed by atoms with van der Waals surface area (Å²) in [7, 11) is 0. The lowest BCUT2D eigenvalue weighted by Gasteiger charge is -2.09. The van der Waals surface area contributed by atoms with E-state index in [4.69, 9.17) is 11.0 Å². The van der Waals surface area contributed by atoms with Crippen molar-refractivity contribution in [1.29, 1.82) is 5.26 Å². The monoisotopic (exact) mass is 426 g/mol. The van der Waals surface area contributed by atoms with Gasteiger partial charge in [0, 0.05) is 18.7 Å². The highest BCUT2D eigenvalue weighted by Gasteiger charge is 2.17. The second-order valence-corrected chi connectivity index (χ2v) is 7.91. The van der Waals surface area contributed by atoms with Gasteiger partial charge in [-0.1, -0.05) is 30.0 Å². The van der Waals surface area contributed by atoms with E-state index in [1.807, 2.05) is 22.1 Å². The molecule has 0 bridgehead atoms. The average molecular weight is 427 g/mol. The molecule has 2 aromatic heterocycles. The van der Waals surface area contributed by atoms with Crippen molar-refractivity contribution in [1.82, 2.24) is 14.8 Å². The number of nitrogens with one attached hydrogen (secondary N) is 1. The highest BCUT2D eigenvalue weighted by atomic mass is 32.2. The van der Waals surface area contributed by atoms with E-state index in [1.54, 1.807) is 24.3 Å². The van der Waals surface area contributed by atoms with Crippen LogP contribution in [-0.2, 0) is 22.6 Å². The number of benzene rings is 1. The zero-order chi connectivity index (χ0) is 20.6. The molecule has 3 aromatic rings. The first-order chi connectivity index (χ1) is 14.1. The van der Waals surface area contributed by atoms with Crippen molar-refractivity contribution in [3.8, 4) is 16.8 Å². The van der Waals surface area contributed by atoms with Gasteiger partial charge < -0.3 is 15.6 Å². The maximum absolute atomic E-state index is 12.3. The summed E-state index contributed by atoms with van der Waals surface area (Å²) in [5.74, 6) is 0.186. The fourth-order valence-electron chi connectivity index (χ4n) is 2.53. The van der Waals surface area contributed by atoms with Gasteiger partial charge in [-0.25, -0.2) is 0 Å². The van der Waals surface area contributed by atoms with E-state index in [-0.39, 0.29) is 18.1 Å². The molecule has 0 saturated carbocycles. The lowest BCUT2D eigenvalue weighted by molar-refractivity contribution is -0.118. The van der Waals surface area contributed by atoms with Crippen LogP contribution in [0.15, 0.2) is 46.9 Å². The average Bonchev–Trinajstić information content (AvgIpc) is 3.36. The zero-order valence-corrected chi connectivity index (χ0v) is 17.0. The zero-order valence-electron chi connectivity index (χ0n) is 15.4. The van der Waals surface area contributed by atoms with Crippen LogP contribution in [0.5, 0.6) is 0 Å². The third kappa shape index (κ3) is 5.66. The van der Waals surface area contributed by atoms with Gasteiger partial charge in [0.2, 0.25) is 11.8 Å². The molecule has 0 saturated heterocycles. The predicted molar refractivity (Wildman–Crippen MR) is 112 cm³/mol. The molecule has 2 heterocycles. The van der Waals surface area contributed by atoms with Crippen LogP contribution in [0.3, 0.4) is 0 Å². The molecule has 0 spiro atoms. The first-order valence-electron chi connectivity index (χ1n) is 8.70. The molecule has 0 radical (unpaired) electrons. The van der Waals surface area contributed by atoms with Gasteiger partial charge in [0.1, 0.15) is 0 Å².